The molecule has 3 N–H and O–H groups in total. The molecule has 4 rings (SSSR count). The van der Waals surface area contributed by atoms with E-state index in [0.717, 1.165) is 16.8 Å². The van der Waals surface area contributed by atoms with E-state index in [0.29, 0.717) is 11.3 Å². The number of methoxy groups -OCH3 is 1. The van der Waals surface area contributed by atoms with Gasteiger partial charge in [-0.1, -0.05) is 30.3 Å². The van der Waals surface area contributed by atoms with Crippen molar-refractivity contribution in [3.8, 4) is 11.5 Å². The number of H-pyrrole nitrogens is 1. The van der Waals surface area contributed by atoms with Gasteiger partial charge in [-0.2, -0.15) is 5.09 Å². The van der Waals surface area contributed by atoms with E-state index < -0.39 is 61.7 Å². The maximum atomic E-state index is 16.5. The third kappa shape index (κ3) is 7.33. The van der Waals surface area contributed by atoms with Crippen LogP contribution >= 0.6 is 7.75 Å². The maximum Gasteiger partial charge on any atom is 0.459 e. The maximum absolute atomic E-state index is 16.5. The van der Waals surface area contributed by atoms with Crippen LogP contribution in [0.5, 0.6) is 11.5 Å². The second-order valence-corrected chi connectivity index (χ2v) is 11.4. The van der Waals surface area contributed by atoms with Gasteiger partial charge < -0.3 is 23.8 Å². The molecule has 0 saturated carbocycles. The van der Waals surface area contributed by atoms with Gasteiger partial charge in [0.05, 0.1) is 20.3 Å². The number of nitrogens with one attached hydrogen (secondary N) is 2. The number of halogens is 1. The summed E-state index contributed by atoms with van der Waals surface area (Å²) in [6, 6.07) is 14.5. The predicted molar refractivity (Wildman–Crippen MR) is 147 cm³/mol. The third-order valence-corrected chi connectivity index (χ3v) is 8.12. The van der Waals surface area contributed by atoms with E-state index in [1.54, 1.807) is 42.5 Å². The van der Waals surface area contributed by atoms with Crippen molar-refractivity contribution in [3.05, 3.63) is 93.3 Å². The number of carbonyl (C=O) groups is 1. The zero-order valence-electron chi connectivity index (χ0n) is 23.0. The average Bonchev–Trinajstić information content (AvgIpc) is 3.20. The Morgan fingerprint density at radius 1 is 1.17 bits per heavy atom. The number of aromatic amines is 1. The summed E-state index contributed by atoms with van der Waals surface area (Å²) >= 11 is 0. The van der Waals surface area contributed by atoms with Crippen molar-refractivity contribution >= 4 is 13.7 Å². The number of hydrogen-bond acceptors (Lipinski definition) is 9. The van der Waals surface area contributed by atoms with Gasteiger partial charge in [-0.15, -0.1) is 0 Å². The van der Waals surface area contributed by atoms with Gasteiger partial charge in [0.25, 0.3) is 5.56 Å². The lowest BCUT2D eigenvalue weighted by molar-refractivity contribution is -0.138. The molecule has 0 aliphatic carbocycles. The zero-order chi connectivity index (χ0) is 30.5. The molecule has 0 amide bonds. The molecule has 1 aliphatic rings. The van der Waals surface area contributed by atoms with Crippen LogP contribution in [0, 0.1) is 0 Å². The first kappa shape index (κ1) is 31.1. The summed E-state index contributed by atoms with van der Waals surface area (Å²) in [4.78, 5) is 37.7. The zero-order valence-corrected chi connectivity index (χ0v) is 23.9. The van der Waals surface area contributed by atoms with Gasteiger partial charge in [-0.05, 0) is 43.7 Å². The molecule has 0 spiro atoms. The van der Waals surface area contributed by atoms with E-state index in [4.69, 9.17) is 23.3 Å². The second kappa shape index (κ2) is 13.0. The van der Waals surface area contributed by atoms with Crippen LogP contribution in [0.2, 0.25) is 0 Å². The van der Waals surface area contributed by atoms with Gasteiger partial charge in [0, 0.05) is 12.3 Å². The van der Waals surface area contributed by atoms with Crippen molar-refractivity contribution in [1.82, 2.24) is 14.6 Å². The summed E-state index contributed by atoms with van der Waals surface area (Å²) < 4.78 is 59.2. The summed E-state index contributed by atoms with van der Waals surface area (Å²) in [5.74, 6) is -0.583. The van der Waals surface area contributed by atoms with Gasteiger partial charge in [0.2, 0.25) is 0 Å². The Kier molecular flexibility index (Phi) is 9.64. The quantitative estimate of drug-likeness (QED) is 0.244. The summed E-state index contributed by atoms with van der Waals surface area (Å²) in [6.45, 7) is 1.74. The molecule has 42 heavy (non-hydrogen) atoms. The molecule has 1 aromatic heterocycles. The Bertz CT molecular complexity index is 1530. The highest BCUT2D eigenvalue weighted by Crippen LogP contribution is 2.48. The van der Waals surface area contributed by atoms with Gasteiger partial charge in [0.15, 0.2) is 11.9 Å². The molecule has 1 unspecified atom stereocenters. The monoisotopic (exact) mass is 607 g/mol. The van der Waals surface area contributed by atoms with Crippen LogP contribution in [0.25, 0.3) is 0 Å². The van der Waals surface area contributed by atoms with E-state index in [1.807, 2.05) is 0 Å². The molecule has 1 aliphatic heterocycles. The number of aliphatic carboxylic acids is 1. The predicted octanol–water partition coefficient (Wildman–Crippen LogP) is 3.02. The second-order valence-electron chi connectivity index (χ2n) is 9.66. The fourth-order valence-corrected chi connectivity index (χ4v) is 5.81. The molecule has 6 atom stereocenters. The van der Waals surface area contributed by atoms with Crippen LogP contribution < -0.4 is 25.6 Å². The summed E-state index contributed by atoms with van der Waals surface area (Å²) in [5, 5.41) is 11.7. The molecular formula is C27H31FN3O10P. The lowest BCUT2D eigenvalue weighted by Gasteiger charge is -2.28. The molecular weight excluding hydrogens is 576 g/mol. The van der Waals surface area contributed by atoms with Gasteiger partial charge in [-0.25, -0.2) is 13.8 Å². The van der Waals surface area contributed by atoms with Gasteiger partial charge in [0.1, 0.15) is 29.7 Å². The van der Waals surface area contributed by atoms with Crippen molar-refractivity contribution in [2.75, 3.05) is 13.7 Å². The molecule has 0 bridgehead atoms. The highest BCUT2D eigenvalue weighted by atomic mass is 31.2. The van der Waals surface area contributed by atoms with Crippen LogP contribution in [0.4, 0.5) is 4.39 Å². The summed E-state index contributed by atoms with van der Waals surface area (Å²) in [7, 11) is -2.87. The third-order valence-electron chi connectivity index (χ3n) is 6.47. The number of hydrogen-bond donors (Lipinski definition) is 3. The molecule has 15 heteroatoms. The number of ether oxygens (including phenoxy) is 3. The first-order valence-electron chi connectivity index (χ1n) is 12.8. The Balaban J connectivity index is 1.62. The molecule has 0 radical (unpaired) electrons. The smallest absolute Gasteiger partial charge is 0.459 e. The molecule has 2 aromatic carbocycles. The van der Waals surface area contributed by atoms with Crippen molar-refractivity contribution in [2.45, 2.75) is 50.6 Å². The van der Waals surface area contributed by atoms with Crippen molar-refractivity contribution in [1.29, 1.82) is 0 Å². The summed E-state index contributed by atoms with van der Waals surface area (Å²) in [5.41, 5.74) is -3.29. The normalized spacial score (nSPS) is 24.0. The highest BCUT2D eigenvalue weighted by Gasteiger charge is 2.57. The average molecular weight is 608 g/mol. The number of benzene rings is 2. The van der Waals surface area contributed by atoms with Crippen LogP contribution in [0.15, 0.2) is 76.4 Å². The topological polar surface area (TPSA) is 167 Å². The fraction of sp³-hybridized carbons (Fsp3) is 0.370. The van der Waals surface area contributed by atoms with Crippen LogP contribution in [-0.2, 0) is 30.0 Å². The molecule has 226 valence electrons. The molecule has 13 nitrogen and oxygen atoms in total. The molecule has 1 saturated heterocycles. The lowest BCUT2D eigenvalue weighted by Crippen LogP contribution is -2.45. The van der Waals surface area contributed by atoms with Crippen LogP contribution in [0.3, 0.4) is 0 Å². The largest absolute Gasteiger partial charge is 0.497 e. The number of rotatable bonds is 13. The van der Waals surface area contributed by atoms with E-state index in [-0.39, 0.29) is 12.4 Å². The standard InChI is InChI=1S/C27H31FN3O10P/c1-17(24(33)34)30-42(36,41-20-7-5-4-6-8-20)39-16-21-23(38-15-18-9-11-19(37-3)12-10-18)27(2,28)25(40-21)31-14-13-22(32)29-26(31)35/h4-14,17,21,23,25H,15-16H2,1-3H3,(H,30,36)(H,33,34)(H,29,32,35)/t17-,21+,23+,25+,27+,42?/m0/s1. The van der Waals surface area contributed by atoms with E-state index >= 15 is 4.39 Å². The molecule has 1 fully saturated rings. The number of aromatic nitrogens is 2. The molecule has 2 heterocycles. The number of carboxylic acid groups (broad SMARTS) is 1. The first-order valence-corrected chi connectivity index (χ1v) is 14.4. The van der Waals surface area contributed by atoms with E-state index in [9.17, 15) is 24.1 Å². The van der Waals surface area contributed by atoms with Crippen molar-refractivity contribution < 1.29 is 42.1 Å². The minimum absolute atomic E-state index is 0.0756. The number of nitrogens with zero attached hydrogens (tertiary/aromatic N) is 1. The van der Waals surface area contributed by atoms with Gasteiger partial charge >= 0.3 is 19.4 Å². The Morgan fingerprint density at radius 2 is 1.86 bits per heavy atom. The minimum atomic E-state index is -4.38. The fourth-order valence-electron chi connectivity index (χ4n) is 4.30. The lowest BCUT2D eigenvalue weighted by atomic mass is 9.98. The highest BCUT2D eigenvalue weighted by molar-refractivity contribution is 7.52. The SMILES string of the molecule is COc1ccc(CO[C@@H]2[C@@H](COP(=O)(N[C@@H](C)C(=O)O)Oc3ccccc3)O[C@@H](n3ccc(=O)[nH]c3=O)[C@]2(C)F)cc1. The number of para-hydroxylation sites is 1. The Labute approximate surface area is 239 Å². The van der Waals surface area contributed by atoms with Crippen molar-refractivity contribution in [3.63, 3.8) is 0 Å². The van der Waals surface area contributed by atoms with Crippen LogP contribution in [-0.4, -0.2) is 58.3 Å². The Hall–Kier alpha value is -3.81. The first-order chi connectivity index (χ1) is 19.9. The summed E-state index contributed by atoms with van der Waals surface area (Å²) in [6.07, 6.45) is -3.13. The Morgan fingerprint density at radius 3 is 2.48 bits per heavy atom. The minimum Gasteiger partial charge on any atom is -0.497 e. The molecule has 3 aromatic rings. The van der Waals surface area contributed by atoms with Crippen LogP contribution in [0.1, 0.15) is 25.6 Å². The van der Waals surface area contributed by atoms with E-state index in [1.165, 1.54) is 33.1 Å². The van der Waals surface area contributed by atoms with E-state index in [2.05, 4.69) is 10.1 Å². The number of alkyl halides is 1. The van der Waals surface area contributed by atoms with Crippen molar-refractivity contribution in [2.24, 2.45) is 0 Å². The van der Waals surface area contributed by atoms with Gasteiger partial charge in [-0.3, -0.25) is 23.7 Å². The number of carboxylic acids is 1.